The molecule has 0 radical (unpaired) electrons. The van der Waals surface area contributed by atoms with Gasteiger partial charge in [0.25, 0.3) is 0 Å². The molecule has 3 nitrogen and oxygen atoms in total. The highest BCUT2D eigenvalue weighted by Gasteiger charge is 2.21. The van der Waals surface area contributed by atoms with Gasteiger partial charge in [-0.25, -0.2) is 0 Å². The molecule has 0 bridgehead atoms. The van der Waals surface area contributed by atoms with E-state index in [1.54, 1.807) is 0 Å². The van der Waals surface area contributed by atoms with Crippen LogP contribution in [0, 0.1) is 0 Å². The molecular weight excluding hydrogens is 430 g/mol. The Balaban J connectivity index is 1.44. The van der Waals surface area contributed by atoms with Crippen LogP contribution in [-0.4, -0.2) is 4.57 Å². The Hall–Kier alpha value is -4.76. The highest BCUT2D eigenvalue weighted by molar-refractivity contribution is 6.18. The Labute approximate surface area is 200 Å². The van der Waals surface area contributed by atoms with Crippen LogP contribution in [0.5, 0.6) is 0 Å². The molecule has 0 aliphatic heterocycles. The van der Waals surface area contributed by atoms with Crippen LogP contribution in [0.1, 0.15) is 0 Å². The maximum Gasteiger partial charge on any atom is 0.161 e. The molecule has 0 spiro atoms. The normalized spacial score (nSPS) is 12.0. The standard InChI is InChI=1S/C32H19NO2/c1-2-9-21(10-3-1)33-27-15-6-4-12-25(27)32-30(33)26-14-8-13-22(31(26)35-32)20-17-18-24-23-11-5-7-16-28(23)34-29(24)19-20/h1-19H. The van der Waals surface area contributed by atoms with Gasteiger partial charge >= 0.3 is 0 Å². The van der Waals surface area contributed by atoms with E-state index in [9.17, 15) is 0 Å². The molecule has 0 unspecified atom stereocenters. The molecule has 3 aromatic heterocycles. The second-order valence-corrected chi connectivity index (χ2v) is 8.96. The Morgan fingerprint density at radius 2 is 1.23 bits per heavy atom. The first-order chi connectivity index (χ1) is 17.4. The van der Waals surface area contributed by atoms with Crippen molar-refractivity contribution in [1.82, 2.24) is 4.57 Å². The monoisotopic (exact) mass is 449 g/mol. The van der Waals surface area contributed by atoms with Gasteiger partial charge in [-0.1, -0.05) is 66.7 Å². The van der Waals surface area contributed by atoms with Crippen LogP contribution in [0.4, 0.5) is 0 Å². The second kappa shape index (κ2) is 6.87. The zero-order chi connectivity index (χ0) is 22.9. The van der Waals surface area contributed by atoms with Crippen LogP contribution >= 0.6 is 0 Å². The molecule has 164 valence electrons. The maximum atomic E-state index is 6.67. The molecule has 0 amide bonds. The van der Waals surface area contributed by atoms with Gasteiger partial charge in [0.2, 0.25) is 0 Å². The topological polar surface area (TPSA) is 31.2 Å². The summed E-state index contributed by atoms with van der Waals surface area (Å²) in [6.45, 7) is 0. The van der Waals surface area contributed by atoms with Crippen LogP contribution in [0.2, 0.25) is 0 Å². The molecule has 0 aliphatic rings. The van der Waals surface area contributed by atoms with Crippen molar-refractivity contribution in [3.63, 3.8) is 0 Å². The van der Waals surface area contributed by atoms with Crippen molar-refractivity contribution in [2.75, 3.05) is 0 Å². The minimum atomic E-state index is 0.885. The van der Waals surface area contributed by atoms with Gasteiger partial charge < -0.3 is 13.4 Å². The first-order valence-corrected chi connectivity index (χ1v) is 11.8. The van der Waals surface area contributed by atoms with Crippen LogP contribution in [0.3, 0.4) is 0 Å². The minimum Gasteiger partial charge on any atom is -0.456 e. The van der Waals surface area contributed by atoms with E-state index in [0.29, 0.717) is 0 Å². The largest absolute Gasteiger partial charge is 0.456 e. The van der Waals surface area contributed by atoms with Gasteiger partial charge in [-0.15, -0.1) is 0 Å². The summed E-state index contributed by atoms with van der Waals surface area (Å²) in [5.41, 5.74) is 9.10. The Morgan fingerprint density at radius 3 is 2.14 bits per heavy atom. The van der Waals surface area contributed by atoms with Crippen molar-refractivity contribution in [1.29, 1.82) is 0 Å². The van der Waals surface area contributed by atoms with Gasteiger partial charge in [0.1, 0.15) is 22.3 Å². The van der Waals surface area contributed by atoms with Crippen LogP contribution in [-0.2, 0) is 0 Å². The number of benzene rings is 5. The average molecular weight is 450 g/mol. The van der Waals surface area contributed by atoms with Crippen molar-refractivity contribution in [2.45, 2.75) is 0 Å². The number of rotatable bonds is 2. The second-order valence-electron chi connectivity index (χ2n) is 8.96. The molecule has 3 heterocycles. The lowest BCUT2D eigenvalue weighted by Gasteiger charge is -2.08. The third kappa shape index (κ3) is 2.55. The van der Waals surface area contributed by atoms with Crippen molar-refractivity contribution >= 4 is 54.9 Å². The van der Waals surface area contributed by atoms with Crippen molar-refractivity contribution in [3.05, 3.63) is 115 Å². The van der Waals surface area contributed by atoms with E-state index in [-0.39, 0.29) is 0 Å². The van der Waals surface area contributed by atoms with Gasteiger partial charge in [0.15, 0.2) is 5.58 Å². The maximum absolute atomic E-state index is 6.67. The van der Waals surface area contributed by atoms with E-state index in [1.807, 2.05) is 24.3 Å². The molecule has 0 saturated heterocycles. The molecule has 5 aromatic carbocycles. The average Bonchev–Trinajstić information content (AvgIpc) is 3.57. The number of aromatic nitrogens is 1. The summed E-state index contributed by atoms with van der Waals surface area (Å²) in [6.07, 6.45) is 0. The zero-order valence-corrected chi connectivity index (χ0v) is 18.7. The molecule has 8 rings (SSSR count). The Kier molecular flexibility index (Phi) is 3.66. The first kappa shape index (κ1) is 18.6. The molecule has 0 aliphatic carbocycles. The fourth-order valence-corrected chi connectivity index (χ4v) is 5.46. The van der Waals surface area contributed by atoms with Crippen LogP contribution < -0.4 is 0 Å². The van der Waals surface area contributed by atoms with Crippen molar-refractivity contribution < 1.29 is 8.83 Å². The molecule has 35 heavy (non-hydrogen) atoms. The van der Waals surface area contributed by atoms with Crippen LogP contribution in [0.25, 0.3) is 71.7 Å². The summed E-state index contributed by atoms with van der Waals surface area (Å²) in [4.78, 5) is 0. The van der Waals surface area contributed by atoms with Crippen molar-refractivity contribution in [2.24, 2.45) is 0 Å². The fourth-order valence-electron chi connectivity index (χ4n) is 5.46. The third-order valence-electron chi connectivity index (χ3n) is 7.01. The van der Waals surface area contributed by atoms with Crippen molar-refractivity contribution in [3.8, 4) is 16.8 Å². The molecule has 0 fully saturated rings. The van der Waals surface area contributed by atoms with Gasteiger partial charge in [0, 0.05) is 32.8 Å². The molecule has 8 aromatic rings. The zero-order valence-electron chi connectivity index (χ0n) is 18.7. The van der Waals surface area contributed by atoms with E-state index < -0.39 is 0 Å². The van der Waals surface area contributed by atoms with E-state index in [1.165, 1.54) is 0 Å². The molecule has 0 N–H and O–H groups in total. The quantitative estimate of drug-likeness (QED) is 0.263. The molecular formula is C32H19NO2. The SMILES string of the molecule is c1ccc(-n2c3ccccc3c3oc4c(-c5ccc6c(c5)oc5ccccc56)cccc4c32)cc1. The van der Waals surface area contributed by atoms with E-state index in [4.69, 9.17) is 8.83 Å². The lowest BCUT2D eigenvalue weighted by atomic mass is 10.0. The number of hydrogen-bond acceptors (Lipinski definition) is 2. The number of furan rings is 2. The van der Waals surface area contributed by atoms with Gasteiger partial charge in [-0.05, 0) is 54.1 Å². The summed E-state index contributed by atoms with van der Waals surface area (Å²) in [5, 5.41) is 4.48. The fraction of sp³-hybridized carbons (Fsp3) is 0. The lowest BCUT2D eigenvalue weighted by Crippen LogP contribution is -1.92. The Morgan fingerprint density at radius 1 is 0.486 bits per heavy atom. The predicted octanol–water partition coefficient (Wildman–Crippen LogP) is 9.10. The molecule has 0 atom stereocenters. The summed E-state index contributed by atoms with van der Waals surface area (Å²) in [5.74, 6) is 0. The highest BCUT2D eigenvalue weighted by atomic mass is 16.3. The highest BCUT2D eigenvalue weighted by Crippen LogP contribution is 2.42. The summed E-state index contributed by atoms with van der Waals surface area (Å²) in [6, 6.07) is 39.9. The number of fused-ring (bicyclic) bond motifs is 8. The van der Waals surface area contributed by atoms with Gasteiger partial charge in [-0.2, -0.15) is 0 Å². The van der Waals surface area contributed by atoms with Crippen LogP contribution in [0.15, 0.2) is 124 Å². The van der Waals surface area contributed by atoms with E-state index in [0.717, 1.165) is 71.7 Å². The number of nitrogens with zero attached hydrogens (tertiary/aromatic N) is 1. The molecule has 0 saturated carbocycles. The first-order valence-electron chi connectivity index (χ1n) is 11.8. The lowest BCUT2D eigenvalue weighted by molar-refractivity contribution is 0.669. The Bertz CT molecular complexity index is 2050. The number of hydrogen-bond donors (Lipinski definition) is 0. The minimum absolute atomic E-state index is 0.885. The summed E-state index contributed by atoms with van der Waals surface area (Å²) < 4.78 is 15.2. The third-order valence-corrected chi connectivity index (χ3v) is 7.01. The van der Waals surface area contributed by atoms with Gasteiger partial charge in [-0.3, -0.25) is 0 Å². The summed E-state index contributed by atoms with van der Waals surface area (Å²) in [7, 11) is 0. The van der Waals surface area contributed by atoms with E-state index >= 15 is 0 Å². The smallest absolute Gasteiger partial charge is 0.161 e. The number of para-hydroxylation sites is 4. The molecule has 3 heteroatoms. The summed E-state index contributed by atoms with van der Waals surface area (Å²) >= 11 is 0. The van der Waals surface area contributed by atoms with E-state index in [2.05, 4.69) is 95.6 Å². The predicted molar refractivity (Wildman–Crippen MR) is 143 cm³/mol. The van der Waals surface area contributed by atoms with Gasteiger partial charge in [0.05, 0.1) is 5.52 Å².